The molecule has 4 heterocycles. The second-order valence-electron chi connectivity index (χ2n) is 13.0. The summed E-state index contributed by atoms with van der Waals surface area (Å²) in [7, 11) is 1.29. The number of carbonyl (C=O) groups is 3. The van der Waals surface area contributed by atoms with E-state index in [0.29, 0.717) is 12.4 Å². The number of carboxylic acid groups (broad SMARTS) is 1. The molecule has 258 valence electrons. The molecule has 3 amide bonds. The summed E-state index contributed by atoms with van der Waals surface area (Å²) in [6.07, 6.45) is 3.51. The number of aromatic amines is 2. The number of carbonyl (C=O) groups excluding carboxylic acids is 2. The van der Waals surface area contributed by atoms with Crippen LogP contribution in [-0.4, -0.2) is 86.0 Å². The van der Waals surface area contributed by atoms with E-state index in [1.165, 1.54) is 12.0 Å². The van der Waals surface area contributed by atoms with Gasteiger partial charge in [0, 0.05) is 12.1 Å². The normalized spacial score (nSPS) is 18.2. The minimum Gasteiger partial charge on any atom is -0.465 e. The number of benzene rings is 3. The first-order chi connectivity index (χ1) is 24.2. The van der Waals surface area contributed by atoms with Gasteiger partial charge in [0.05, 0.1) is 43.5 Å². The lowest BCUT2D eigenvalue weighted by atomic mass is 9.98. The van der Waals surface area contributed by atoms with Gasteiger partial charge in [-0.1, -0.05) is 62.4 Å². The maximum Gasteiger partial charge on any atom is 0.409 e. The summed E-state index contributed by atoms with van der Waals surface area (Å²) in [5.74, 6) is 1.05. The lowest BCUT2D eigenvalue weighted by molar-refractivity contribution is -0.135. The topological polar surface area (TPSA) is 166 Å². The highest BCUT2D eigenvalue weighted by molar-refractivity contribution is 5.91. The van der Waals surface area contributed by atoms with Crippen molar-refractivity contribution in [1.29, 1.82) is 0 Å². The van der Waals surface area contributed by atoms with Gasteiger partial charge in [0.25, 0.3) is 0 Å². The molecule has 0 unspecified atom stereocenters. The molecule has 7 rings (SSSR count). The van der Waals surface area contributed by atoms with Crippen LogP contribution in [0.4, 0.5) is 9.59 Å². The number of nitrogens with one attached hydrogen (secondary N) is 3. The molecule has 13 nitrogen and oxygen atoms in total. The van der Waals surface area contributed by atoms with Crippen molar-refractivity contribution in [3.63, 3.8) is 0 Å². The number of likely N-dealkylation sites (tertiary alicyclic amines) is 1. The average Bonchev–Trinajstić information content (AvgIpc) is 3.96. The molecule has 2 aliphatic heterocycles. The first-order valence-electron chi connectivity index (χ1n) is 16.7. The Labute approximate surface area is 288 Å². The Morgan fingerprint density at radius 1 is 0.860 bits per heavy atom. The van der Waals surface area contributed by atoms with Crippen molar-refractivity contribution in [2.24, 2.45) is 5.92 Å². The van der Waals surface area contributed by atoms with E-state index in [-0.39, 0.29) is 31.2 Å². The summed E-state index contributed by atoms with van der Waals surface area (Å²) in [4.78, 5) is 55.8. The molecule has 0 radical (unpaired) electrons. The second-order valence-corrected chi connectivity index (χ2v) is 13.0. The van der Waals surface area contributed by atoms with Gasteiger partial charge < -0.3 is 34.8 Å². The minimum absolute atomic E-state index is 0.0312. The molecule has 2 aromatic heterocycles. The molecular formula is C37H39N7O6. The highest BCUT2D eigenvalue weighted by Gasteiger charge is 2.37. The van der Waals surface area contributed by atoms with Gasteiger partial charge in [-0.3, -0.25) is 9.69 Å². The van der Waals surface area contributed by atoms with E-state index in [0.717, 1.165) is 63.1 Å². The van der Waals surface area contributed by atoms with Crippen molar-refractivity contribution in [2.45, 2.75) is 44.8 Å². The van der Waals surface area contributed by atoms with Crippen molar-refractivity contribution >= 4 is 28.9 Å². The fourth-order valence-electron chi connectivity index (χ4n) is 6.79. The fourth-order valence-corrected chi connectivity index (χ4v) is 6.79. The van der Waals surface area contributed by atoms with Gasteiger partial charge in [-0.2, -0.15) is 0 Å². The predicted molar refractivity (Wildman–Crippen MR) is 186 cm³/mol. The van der Waals surface area contributed by atoms with E-state index in [1.807, 2.05) is 37.1 Å². The summed E-state index contributed by atoms with van der Waals surface area (Å²) in [6, 6.07) is 19.5. The number of methoxy groups -OCH3 is 1. The number of imidazole rings is 2. The molecule has 13 heteroatoms. The molecule has 2 saturated heterocycles. The molecule has 3 aromatic carbocycles. The number of hydrogen-bond donors (Lipinski definition) is 4. The van der Waals surface area contributed by atoms with Crippen molar-refractivity contribution in [3.8, 4) is 33.6 Å². The van der Waals surface area contributed by atoms with Gasteiger partial charge in [-0.05, 0) is 58.4 Å². The molecular weight excluding hydrogens is 638 g/mol. The molecule has 3 atom stereocenters. The number of nitrogens with zero attached hydrogens (tertiary/aromatic N) is 4. The van der Waals surface area contributed by atoms with Crippen LogP contribution in [0.3, 0.4) is 0 Å². The van der Waals surface area contributed by atoms with Crippen LogP contribution in [0.15, 0.2) is 73.1 Å². The van der Waals surface area contributed by atoms with Gasteiger partial charge in [0.15, 0.2) is 0 Å². The molecule has 2 aliphatic rings. The van der Waals surface area contributed by atoms with E-state index in [2.05, 4.69) is 73.8 Å². The Bertz CT molecular complexity index is 2040. The van der Waals surface area contributed by atoms with Crippen molar-refractivity contribution < 1.29 is 29.0 Å². The quantitative estimate of drug-likeness (QED) is 0.148. The van der Waals surface area contributed by atoms with Gasteiger partial charge >= 0.3 is 12.2 Å². The lowest BCUT2D eigenvalue weighted by Crippen LogP contribution is -2.51. The number of fused-ring (bicyclic) bond motifs is 1. The average molecular weight is 678 g/mol. The third-order valence-electron chi connectivity index (χ3n) is 9.56. The number of hydrogen-bond acceptors (Lipinski definition) is 7. The number of rotatable bonds is 8. The zero-order valence-corrected chi connectivity index (χ0v) is 28.1. The number of alkyl carbamates (subject to hydrolysis) is 1. The van der Waals surface area contributed by atoms with Crippen LogP contribution >= 0.6 is 0 Å². The Morgan fingerprint density at radius 3 is 2.12 bits per heavy atom. The first kappa shape index (κ1) is 32.8. The third-order valence-corrected chi connectivity index (χ3v) is 9.56. The Balaban J connectivity index is 1.05. The first-order valence-corrected chi connectivity index (χ1v) is 16.7. The Morgan fingerprint density at radius 2 is 1.46 bits per heavy atom. The predicted octanol–water partition coefficient (Wildman–Crippen LogP) is 6.34. The molecule has 5 aromatic rings. The SMILES string of the molecule is COC(=O)N[C@H](C(=O)N1CCC[C@H]1c1ncc(-c2ccc3cc(-c4ccc(-c5cnc([C@H]6COCN6C(=O)O)[nH]5)cc4)ccc3c2)[nH]1)C(C)C. The van der Waals surface area contributed by atoms with Gasteiger partial charge in [-0.15, -0.1) is 0 Å². The van der Waals surface area contributed by atoms with Crippen LogP contribution < -0.4 is 5.32 Å². The lowest BCUT2D eigenvalue weighted by Gasteiger charge is -2.30. The monoisotopic (exact) mass is 677 g/mol. The van der Waals surface area contributed by atoms with Crippen molar-refractivity contribution in [3.05, 3.63) is 84.7 Å². The Hall–Kier alpha value is -5.69. The standard InChI is InChI=1S/C37H39N7O6/c1-21(2)32(42-36(46)49-3)35(45)43-14-4-5-30(43)33-38-18-29(41-33)27-13-12-25-15-24(10-11-26(25)16-27)22-6-8-23(9-7-22)28-17-39-34(40-28)31-19-50-20-44(31)37(47)48/h6-13,15-18,21,30-32H,4-5,14,19-20H2,1-3H3,(H,38,41)(H,39,40)(H,42,46)(H,47,48)/t30-,31+,32-/m0/s1. The Kier molecular flexibility index (Phi) is 8.98. The summed E-state index contributed by atoms with van der Waals surface area (Å²) < 4.78 is 10.1. The van der Waals surface area contributed by atoms with Crippen LogP contribution in [0.1, 0.15) is 50.4 Å². The maximum absolute atomic E-state index is 13.5. The van der Waals surface area contributed by atoms with Crippen LogP contribution in [0.25, 0.3) is 44.4 Å². The fraction of sp³-hybridized carbons (Fsp3) is 0.324. The molecule has 0 saturated carbocycles. The summed E-state index contributed by atoms with van der Waals surface area (Å²) in [5, 5.41) is 14.3. The van der Waals surface area contributed by atoms with E-state index < -0.39 is 24.3 Å². The molecule has 0 spiro atoms. The van der Waals surface area contributed by atoms with Crippen LogP contribution in [-0.2, 0) is 14.3 Å². The van der Waals surface area contributed by atoms with E-state index in [4.69, 9.17) is 9.47 Å². The molecule has 2 fully saturated rings. The highest BCUT2D eigenvalue weighted by Crippen LogP contribution is 2.34. The number of aromatic nitrogens is 4. The van der Waals surface area contributed by atoms with E-state index >= 15 is 0 Å². The third kappa shape index (κ3) is 6.39. The smallest absolute Gasteiger partial charge is 0.409 e. The summed E-state index contributed by atoms with van der Waals surface area (Å²) >= 11 is 0. The van der Waals surface area contributed by atoms with Crippen LogP contribution in [0, 0.1) is 5.92 Å². The molecule has 0 bridgehead atoms. The largest absolute Gasteiger partial charge is 0.465 e. The van der Waals surface area contributed by atoms with E-state index in [9.17, 15) is 19.5 Å². The number of H-pyrrole nitrogens is 2. The number of ether oxygens (including phenoxy) is 2. The van der Waals surface area contributed by atoms with Gasteiger partial charge in [0.2, 0.25) is 5.91 Å². The maximum atomic E-state index is 13.5. The zero-order chi connectivity index (χ0) is 34.9. The van der Waals surface area contributed by atoms with Gasteiger partial charge in [-0.25, -0.2) is 19.6 Å². The zero-order valence-electron chi connectivity index (χ0n) is 28.1. The molecule has 4 N–H and O–H groups in total. The second kappa shape index (κ2) is 13.7. The van der Waals surface area contributed by atoms with Crippen molar-refractivity contribution in [2.75, 3.05) is 27.0 Å². The van der Waals surface area contributed by atoms with Crippen molar-refractivity contribution in [1.82, 2.24) is 35.1 Å². The summed E-state index contributed by atoms with van der Waals surface area (Å²) in [5.41, 5.74) is 5.76. The highest BCUT2D eigenvalue weighted by atomic mass is 16.5. The molecule has 50 heavy (non-hydrogen) atoms. The van der Waals surface area contributed by atoms with E-state index in [1.54, 1.807) is 6.20 Å². The molecule has 0 aliphatic carbocycles. The number of amides is 3. The summed E-state index contributed by atoms with van der Waals surface area (Å²) in [6.45, 7) is 4.70. The van der Waals surface area contributed by atoms with Crippen LogP contribution in [0.2, 0.25) is 0 Å². The van der Waals surface area contributed by atoms with Gasteiger partial charge in [0.1, 0.15) is 30.5 Å². The minimum atomic E-state index is -1.04. The van der Waals surface area contributed by atoms with Crippen LogP contribution in [0.5, 0.6) is 0 Å².